The molecule has 82 valence electrons. The van der Waals surface area contributed by atoms with Gasteiger partial charge in [0.1, 0.15) is 0 Å². The third-order valence-electron chi connectivity index (χ3n) is 2.33. The monoisotopic (exact) mass is 205 g/mol. The SMILES string of the molecule is C#CC(C)NCc1cn(C)nc1C(C)C. The van der Waals surface area contributed by atoms with Crippen LogP contribution in [-0.2, 0) is 13.6 Å². The van der Waals surface area contributed by atoms with Gasteiger partial charge in [-0.1, -0.05) is 19.8 Å². The van der Waals surface area contributed by atoms with Crippen molar-refractivity contribution in [3.8, 4) is 12.3 Å². The van der Waals surface area contributed by atoms with Crippen LogP contribution in [0, 0.1) is 12.3 Å². The van der Waals surface area contributed by atoms with Crippen molar-refractivity contribution in [2.75, 3.05) is 0 Å². The quantitative estimate of drug-likeness (QED) is 0.758. The van der Waals surface area contributed by atoms with Crippen molar-refractivity contribution in [2.24, 2.45) is 7.05 Å². The lowest BCUT2D eigenvalue weighted by Crippen LogP contribution is -2.23. The number of aryl methyl sites for hydroxylation is 1. The zero-order valence-electron chi connectivity index (χ0n) is 9.91. The number of hydrogen-bond acceptors (Lipinski definition) is 2. The maximum absolute atomic E-state index is 5.31. The molecule has 3 heteroatoms. The van der Waals surface area contributed by atoms with Crippen LogP contribution in [0.4, 0.5) is 0 Å². The Morgan fingerprint density at radius 1 is 1.53 bits per heavy atom. The highest BCUT2D eigenvalue weighted by Crippen LogP contribution is 2.16. The molecule has 0 fully saturated rings. The average molecular weight is 205 g/mol. The highest BCUT2D eigenvalue weighted by Gasteiger charge is 2.11. The standard InChI is InChI=1S/C12H19N3/c1-6-10(4)13-7-11-8-15(5)14-12(11)9(2)3/h1,8-10,13H,7H2,2-5H3. The van der Waals surface area contributed by atoms with E-state index in [9.17, 15) is 0 Å². The summed E-state index contributed by atoms with van der Waals surface area (Å²) < 4.78 is 1.85. The van der Waals surface area contributed by atoms with Crippen molar-refractivity contribution in [3.63, 3.8) is 0 Å². The average Bonchev–Trinajstić information content (AvgIpc) is 2.56. The van der Waals surface area contributed by atoms with Crippen molar-refractivity contribution < 1.29 is 0 Å². The first-order valence-electron chi connectivity index (χ1n) is 5.26. The van der Waals surface area contributed by atoms with Gasteiger partial charge in [-0.25, -0.2) is 0 Å². The number of aromatic nitrogens is 2. The Bertz CT molecular complexity index is 357. The van der Waals surface area contributed by atoms with E-state index >= 15 is 0 Å². The van der Waals surface area contributed by atoms with E-state index in [1.165, 1.54) is 5.56 Å². The second-order valence-corrected chi connectivity index (χ2v) is 4.14. The molecule has 1 aromatic rings. The van der Waals surface area contributed by atoms with Crippen LogP contribution >= 0.6 is 0 Å². The predicted octanol–water partition coefficient (Wildman–Crippen LogP) is 1.65. The van der Waals surface area contributed by atoms with E-state index in [1.54, 1.807) is 0 Å². The zero-order chi connectivity index (χ0) is 11.4. The molecule has 1 heterocycles. The first kappa shape index (κ1) is 11.8. The molecule has 1 unspecified atom stereocenters. The molecule has 0 aliphatic rings. The molecule has 1 rings (SSSR count). The Labute approximate surface area is 91.9 Å². The summed E-state index contributed by atoms with van der Waals surface area (Å²) in [6.07, 6.45) is 7.35. The summed E-state index contributed by atoms with van der Waals surface area (Å²) in [6.45, 7) is 7.06. The number of rotatable bonds is 4. The van der Waals surface area contributed by atoms with Crippen molar-refractivity contribution in [1.82, 2.24) is 15.1 Å². The minimum absolute atomic E-state index is 0.102. The third kappa shape index (κ3) is 3.10. The van der Waals surface area contributed by atoms with Gasteiger partial charge in [-0.15, -0.1) is 6.42 Å². The highest BCUT2D eigenvalue weighted by molar-refractivity contribution is 5.20. The van der Waals surface area contributed by atoms with E-state index in [4.69, 9.17) is 6.42 Å². The van der Waals surface area contributed by atoms with Gasteiger partial charge in [0.25, 0.3) is 0 Å². The Balaban J connectivity index is 2.72. The Kier molecular flexibility index (Phi) is 3.93. The van der Waals surface area contributed by atoms with Gasteiger partial charge in [0.05, 0.1) is 11.7 Å². The van der Waals surface area contributed by atoms with Crippen LogP contribution in [0.15, 0.2) is 6.20 Å². The molecule has 15 heavy (non-hydrogen) atoms. The molecule has 0 aliphatic carbocycles. The van der Waals surface area contributed by atoms with Gasteiger partial charge < -0.3 is 0 Å². The molecule has 1 N–H and O–H groups in total. The zero-order valence-corrected chi connectivity index (χ0v) is 9.91. The lowest BCUT2D eigenvalue weighted by Gasteiger charge is -2.08. The molecule has 1 aromatic heterocycles. The minimum atomic E-state index is 0.102. The molecule has 3 nitrogen and oxygen atoms in total. The normalized spacial score (nSPS) is 12.8. The lowest BCUT2D eigenvalue weighted by atomic mass is 10.1. The van der Waals surface area contributed by atoms with Gasteiger partial charge in [-0.05, 0) is 12.8 Å². The Morgan fingerprint density at radius 3 is 2.73 bits per heavy atom. The summed E-state index contributed by atoms with van der Waals surface area (Å²) in [4.78, 5) is 0. The summed E-state index contributed by atoms with van der Waals surface area (Å²) in [5.41, 5.74) is 2.38. The van der Waals surface area contributed by atoms with Gasteiger partial charge in [0.15, 0.2) is 0 Å². The summed E-state index contributed by atoms with van der Waals surface area (Å²) in [5.74, 6) is 3.10. The number of terminal acetylenes is 1. The van der Waals surface area contributed by atoms with Gasteiger partial charge >= 0.3 is 0 Å². The molecule has 0 aromatic carbocycles. The maximum atomic E-state index is 5.31. The first-order chi connectivity index (χ1) is 7.04. The minimum Gasteiger partial charge on any atom is -0.300 e. The molecular weight excluding hydrogens is 186 g/mol. The van der Waals surface area contributed by atoms with Crippen molar-refractivity contribution >= 4 is 0 Å². The molecule has 0 radical (unpaired) electrons. The van der Waals surface area contributed by atoms with E-state index < -0.39 is 0 Å². The second-order valence-electron chi connectivity index (χ2n) is 4.14. The Morgan fingerprint density at radius 2 is 2.20 bits per heavy atom. The van der Waals surface area contributed by atoms with Gasteiger partial charge in [-0.2, -0.15) is 5.10 Å². The van der Waals surface area contributed by atoms with Gasteiger partial charge in [0, 0.05) is 25.4 Å². The van der Waals surface area contributed by atoms with Gasteiger partial charge in [0.2, 0.25) is 0 Å². The third-order valence-corrected chi connectivity index (χ3v) is 2.33. The van der Waals surface area contributed by atoms with E-state index in [0.717, 1.165) is 12.2 Å². The van der Waals surface area contributed by atoms with E-state index in [-0.39, 0.29) is 6.04 Å². The smallest absolute Gasteiger partial charge is 0.0694 e. The Hall–Kier alpha value is -1.27. The highest BCUT2D eigenvalue weighted by atomic mass is 15.3. The van der Waals surface area contributed by atoms with Crippen LogP contribution in [0.5, 0.6) is 0 Å². The molecule has 1 atom stereocenters. The molecule has 0 aliphatic heterocycles. The topological polar surface area (TPSA) is 29.9 Å². The summed E-state index contributed by atoms with van der Waals surface area (Å²) in [7, 11) is 1.94. The van der Waals surface area contributed by atoms with Crippen molar-refractivity contribution in [2.45, 2.75) is 39.3 Å². The molecule has 0 spiro atoms. The molecule has 0 amide bonds. The first-order valence-corrected chi connectivity index (χ1v) is 5.26. The van der Waals surface area contributed by atoms with Crippen LogP contribution in [0.1, 0.15) is 37.9 Å². The van der Waals surface area contributed by atoms with Crippen LogP contribution < -0.4 is 5.32 Å². The predicted molar refractivity (Wildman–Crippen MR) is 62.4 cm³/mol. The van der Waals surface area contributed by atoms with Crippen molar-refractivity contribution in [3.05, 3.63) is 17.5 Å². The fourth-order valence-corrected chi connectivity index (χ4v) is 1.50. The second kappa shape index (κ2) is 4.99. The molecule has 0 bridgehead atoms. The number of nitrogens with one attached hydrogen (secondary N) is 1. The van der Waals surface area contributed by atoms with E-state index in [0.29, 0.717) is 5.92 Å². The largest absolute Gasteiger partial charge is 0.300 e. The van der Waals surface area contributed by atoms with Crippen molar-refractivity contribution in [1.29, 1.82) is 0 Å². The lowest BCUT2D eigenvalue weighted by molar-refractivity contribution is 0.639. The molecule has 0 saturated heterocycles. The van der Waals surface area contributed by atoms with Crippen LogP contribution in [0.25, 0.3) is 0 Å². The summed E-state index contributed by atoms with van der Waals surface area (Å²) >= 11 is 0. The van der Waals surface area contributed by atoms with E-state index in [1.807, 2.05) is 24.9 Å². The van der Waals surface area contributed by atoms with E-state index in [2.05, 4.69) is 30.2 Å². The summed E-state index contributed by atoms with van der Waals surface area (Å²) in [5, 5.41) is 7.71. The van der Waals surface area contributed by atoms with Gasteiger partial charge in [-0.3, -0.25) is 10.00 Å². The van der Waals surface area contributed by atoms with Crippen LogP contribution in [-0.4, -0.2) is 15.8 Å². The number of nitrogens with zero attached hydrogens (tertiary/aromatic N) is 2. The maximum Gasteiger partial charge on any atom is 0.0694 e. The van der Waals surface area contributed by atoms with Crippen LogP contribution in [0.3, 0.4) is 0 Å². The molecular formula is C12H19N3. The number of hydrogen-bond donors (Lipinski definition) is 1. The molecule has 0 saturated carbocycles. The fourth-order valence-electron chi connectivity index (χ4n) is 1.50. The summed E-state index contributed by atoms with van der Waals surface area (Å²) in [6, 6.07) is 0.102. The van der Waals surface area contributed by atoms with Crippen LogP contribution in [0.2, 0.25) is 0 Å². The fraction of sp³-hybridized carbons (Fsp3) is 0.583.